The normalized spacial score (nSPS) is 17.1. The zero-order valence-electron chi connectivity index (χ0n) is 8.91. The molecule has 0 rings (SSSR count). The molecular weight excluding hydrogens is 170 g/mol. The number of nitrogens with two attached hydrogens (primary N) is 1. The van der Waals surface area contributed by atoms with Gasteiger partial charge in [0.25, 0.3) is 0 Å². The average Bonchev–Trinajstić information content (AvgIpc) is 1.99. The standard InChI is InChI=1S/C9H21NO3/c1-5-13-6-7(11)8(12-4)9(2,3)10/h7-8,11H,5-6,10H2,1-4H3. The molecule has 0 radical (unpaired) electrons. The third-order valence-corrected chi connectivity index (χ3v) is 1.83. The van der Waals surface area contributed by atoms with E-state index in [1.807, 2.05) is 20.8 Å². The number of ether oxygens (including phenoxy) is 2. The highest BCUT2D eigenvalue weighted by Gasteiger charge is 2.31. The van der Waals surface area contributed by atoms with Crippen LogP contribution in [0.5, 0.6) is 0 Å². The van der Waals surface area contributed by atoms with E-state index in [0.29, 0.717) is 6.61 Å². The minimum atomic E-state index is -0.676. The highest BCUT2D eigenvalue weighted by atomic mass is 16.5. The van der Waals surface area contributed by atoms with Crippen molar-refractivity contribution in [2.75, 3.05) is 20.3 Å². The summed E-state index contributed by atoms with van der Waals surface area (Å²) in [6, 6.07) is 0. The van der Waals surface area contributed by atoms with Crippen LogP contribution in [0.15, 0.2) is 0 Å². The minimum absolute atomic E-state index is 0.260. The maximum absolute atomic E-state index is 9.65. The van der Waals surface area contributed by atoms with Crippen molar-refractivity contribution in [3.63, 3.8) is 0 Å². The Morgan fingerprint density at radius 2 is 2.00 bits per heavy atom. The molecule has 4 nitrogen and oxygen atoms in total. The lowest BCUT2D eigenvalue weighted by molar-refractivity contribution is -0.0792. The first kappa shape index (κ1) is 12.8. The van der Waals surface area contributed by atoms with Crippen molar-refractivity contribution in [2.24, 2.45) is 5.73 Å². The van der Waals surface area contributed by atoms with Crippen molar-refractivity contribution >= 4 is 0 Å². The predicted octanol–water partition coefficient (Wildman–Crippen LogP) is 0.136. The van der Waals surface area contributed by atoms with Crippen LogP contribution < -0.4 is 5.73 Å². The Balaban J connectivity index is 4.07. The van der Waals surface area contributed by atoms with Crippen LogP contribution in [0.2, 0.25) is 0 Å². The fourth-order valence-electron chi connectivity index (χ4n) is 1.28. The molecular formula is C9H21NO3. The van der Waals surface area contributed by atoms with E-state index >= 15 is 0 Å². The van der Waals surface area contributed by atoms with Crippen LogP contribution in [0.4, 0.5) is 0 Å². The first-order valence-corrected chi connectivity index (χ1v) is 4.51. The third-order valence-electron chi connectivity index (χ3n) is 1.83. The molecule has 0 spiro atoms. The van der Waals surface area contributed by atoms with Gasteiger partial charge in [-0.3, -0.25) is 0 Å². The molecule has 0 bridgehead atoms. The van der Waals surface area contributed by atoms with E-state index in [9.17, 15) is 5.11 Å². The van der Waals surface area contributed by atoms with Gasteiger partial charge in [-0.25, -0.2) is 0 Å². The number of hydrogen-bond donors (Lipinski definition) is 2. The van der Waals surface area contributed by atoms with E-state index in [1.165, 1.54) is 7.11 Å². The molecule has 0 fully saturated rings. The molecule has 0 heterocycles. The van der Waals surface area contributed by atoms with Crippen molar-refractivity contribution < 1.29 is 14.6 Å². The SMILES string of the molecule is CCOCC(O)C(OC)C(C)(C)N. The highest BCUT2D eigenvalue weighted by molar-refractivity contribution is 4.88. The fourth-order valence-corrected chi connectivity index (χ4v) is 1.28. The maximum Gasteiger partial charge on any atom is 0.105 e. The summed E-state index contributed by atoms with van der Waals surface area (Å²) in [6.07, 6.45) is -1.08. The molecule has 0 aromatic rings. The summed E-state index contributed by atoms with van der Waals surface area (Å²) in [5.41, 5.74) is 5.26. The van der Waals surface area contributed by atoms with Gasteiger partial charge in [-0.05, 0) is 20.8 Å². The van der Waals surface area contributed by atoms with Gasteiger partial charge in [-0.15, -0.1) is 0 Å². The quantitative estimate of drug-likeness (QED) is 0.626. The van der Waals surface area contributed by atoms with Crippen LogP contribution in [-0.2, 0) is 9.47 Å². The third kappa shape index (κ3) is 4.57. The summed E-state index contributed by atoms with van der Waals surface area (Å²) < 4.78 is 10.2. The summed E-state index contributed by atoms with van der Waals surface area (Å²) in [5, 5.41) is 9.65. The van der Waals surface area contributed by atoms with Gasteiger partial charge in [0.15, 0.2) is 0 Å². The van der Waals surface area contributed by atoms with Crippen LogP contribution >= 0.6 is 0 Å². The second kappa shape index (κ2) is 5.54. The Hall–Kier alpha value is -0.160. The van der Waals surface area contributed by atoms with Crippen LogP contribution in [-0.4, -0.2) is 43.2 Å². The van der Waals surface area contributed by atoms with Gasteiger partial charge in [0.2, 0.25) is 0 Å². The smallest absolute Gasteiger partial charge is 0.105 e. The van der Waals surface area contributed by atoms with Crippen molar-refractivity contribution in [2.45, 2.75) is 38.5 Å². The van der Waals surface area contributed by atoms with E-state index in [4.69, 9.17) is 15.2 Å². The first-order chi connectivity index (χ1) is 5.93. The van der Waals surface area contributed by atoms with E-state index in [2.05, 4.69) is 0 Å². The van der Waals surface area contributed by atoms with Gasteiger partial charge in [-0.1, -0.05) is 0 Å². The number of aliphatic hydroxyl groups is 1. The summed E-state index contributed by atoms with van der Waals surface area (Å²) >= 11 is 0. The van der Waals surface area contributed by atoms with Crippen LogP contribution in [0, 0.1) is 0 Å². The molecule has 0 aliphatic carbocycles. The molecule has 0 aliphatic rings. The lowest BCUT2D eigenvalue weighted by atomic mass is 9.94. The Bertz CT molecular complexity index is 133. The Morgan fingerprint density at radius 3 is 2.31 bits per heavy atom. The largest absolute Gasteiger partial charge is 0.388 e. The molecule has 13 heavy (non-hydrogen) atoms. The Kier molecular flexibility index (Phi) is 5.48. The van der Waals surface area contributed by atoms with E-state index < -0.39 is 17.7 Å². The summed E-state index contributed by atoms with van der Waals surface area (Å²) in [6.45, 7) is 6.35. The van der Waals surface area contributed by atoms with Gasteiger partial charge < -0.3 is 20.3 Å². The molecule has 0 aliphatic heterocycles. The van der Waals surface area contributed by atoms with Crippen molar-refractivity contribution in [1.29, 1.82) is 0 Å². The molecule has 0 aromatic carbocycles. The molecule has 2 unspecified atom stereocenters. The lowest BCUT2D eigenvalue weighted by Crippen LogP contribution is -2.53. The maximum atomic E-state index is 9.65. The predicted molar refractivity (Wildman–Crippen MR) is 51.6 cm³/mol. The molecule has 4 heteroatoms. The molecule has 0 saturated heterocycles. The van der Waals surface area contributed by atoms with E-state index in [1.54, 1.807) is 0 Å². The first-order valence-electron chi connectivity index (χ1n) is 4.51. The summed E-state index contributed by atoms with van der Waals surface area (Å²) in [5.74, 6) is 0. The number of methoxy groups -OCH3 is 1. The van der Waals surface area contributed by atoms with Gasteiger partial charge in [0.1, 0.15) is 12.2 Å². The number of rotatable bonds is 6. The highest BCUT2D eigenvalue weighted by Crippen LogP contribution is 2.13. The van der Waals surface area contributed by atoms with E-state index in [0.717, 1.165) is 0 Å². The number of hydrogen-bond acceptors (Lipinski definition) is 4. The minimum Gasteiger partial charge on any atom is -0.388 e. The van der Waals surface area contributed by atoms with Gasteiger partial charge >= 0.3 is 0 Å². The van der Waals surface area contributed by atoms with Crippen LogP contribution in [0.3, 0.4) is 0 Å². The summed E-state index contributed by atoms with van der Waals surface area (Å²) in [7, 11) is 1.54. The second-order valence-electron chi connectivity index (χ2n) is 3.70. The van der Waals surface area contributed by atoms with Crippen molar-refractivity contribution in [3.8, 4) is 0 Å². The summed E-state index contributed by atoms with van der Waals surface area (Å²) in [4.78, 5) is 0. The zero-order valence-corrected chi connectivity index (χ0v) is 8.91. The lowest BCUT2D eigenvalue weighted by Gasteiger charge is -2.32. The molecule has 0 saturated carbocycles. The number of aliphatic hydroxyl groups excluding tert-OH is 1. The molecule has 0 amide bonds. The second-order valence-corrected chi connectivity index (χ2v) is 3.70. The fraction of sp³-hybridized carbons (Fsp3) is 1.00. The molecule has 80 valence electrons. The van der Waals surface area contributed by atoms with Gasteiger partial charge in [0, 0.05) is 19.3 Å². The molecule has 3 N–H and O–H groups in total. The van der Waals surface area contributed by atoms with Gasteiger partial charge in [0.05, 0.1) is 6.61 Å². The monoisotopic (exact) mass is 191 g/mol. The topological polar surface area (TPSA) is 64.7 Å². The van der Waals surface area contributed by atoms with Crippen LogP contribution in [0.1, 0.15) is 20.8 Å². The average molecular weight is 191 g/mol. The van der Waals surface area contributed by atoms with Crippen molar-refractivity contribution in [1.82, 2.24) is 0 Å². The Morgan fingerprint density at radius 1 is 1.46 bits per heavy atom. The van der Waals surface area contributed by atoms with E-state index in [-0.39, 0.29) is 6.61 Å². The zero-order chi connectivity index (χ0) is 10.5. The van der Waals surface area contributed by atoms with Gasteiger partial charge in [-0.2, -0.15) is 0 Å². The Labute approximate surface area is 80.0 Å². The van der Waals surface area contributed by atoms with Crippen molar-refractivity contribution in [3.05, 3.63) is 0 Å². The van der Waals surface area contributed by atoms with Crippen LogP contribution in [0.25, 0.3) is 0 Å². The molecule has 2 atom stereocenters. The molecule has 0 aromatic heterocycles.